The molecule has 0 unspecified atom stereocenters. The summed E-state index contributed by atoms with van der Waals surface area (Å²) in [5.41, 5.74) is -8.97. The lowest BCUT2D eigenvalue weighted by Crippen LogP contribution is -2.73. The predicted octanol–water partition coefficient (Wildman–Crippen LogP) is 1.33. The van der Waals surface area contributed by atoms with Gasteiger partial charge in [-0.2, -0.15) is 0 Å². The summed E-state index contributed by atoms with van der Waals surface area (Å²) in [4.78, 5) is 71.2. The van der Waals surface area contributed by atoms with Crippen LogP contribution in [-0.4, -0.2) is 125 Å². The Morgan fingerprint density at radius 2 is 1.60 bits per heavy atom. The molecule has 1 fully saturated rings. The third-order valence-electron chi connectivity index (χ3n) is 11.5. The summed E-state index contributed by atoms with van der Waals surface area (Å²) in [7, 11) is 4.73. The number of carbonyl (C=O) groups is 5. The van der Waals surface area contributed by atoms with Gasteiger partial charge in [0.2, 0.25) is 17.3 Å². The molecule has 3 aromatic rings. The number of phenols is 2. The number of phenolic OH excluding ortho intramolecular Hbond substituents is 2. The number of hydrogen-bond donors (Lipinski definition) is 6. The Labute approximate surface area is 330 Å². The summed E-state index contributed by atoms with van der Waals surface area (Å²) in [5.74, 6) is -6.99. The Hall–Kier alpha value is -5.53. The van der Waals surface area contributed by atoms with Gasteiger partial charge in [0, 0.05) is 50.5 Å². The zero-order chi connectivity index (χ0) is 42.2. The van der Waals surface area contributed by atoms with Crippen LogP contribution in [0.1, 0.15) is 81.0 Å². The SMILES string of the molecule is COC(=O)c1c(C)cc2c(c1OCc1ccc(O)cc1)[C@]1(O)C(=O)c3cc4c(c(O)c3C(=O)[C@]1(OC)[C@H](O)C2)C(=O)C=C(N[C@H]1O[C@@H](C)[C@H](OC)[C@@H](O)[C@H]1OC)C4=O. The van der Waals surface area contributed by atoms with Crippen LogP contribution in [-0.2, 0) is 42.3 Å². The van der Waals surface area contributed by atoms with Crippen molar-refractivity contribution in [3.05, 3.63) is 98.2 Å². The molecule has 3 aliphatic carbocycles. The smallest absolute Gasteiger partial charge is 0.341 e. The van der Waals surface area contributed by atoms with Gasteiger partial charge in [-0.05, 0) is 48.7 Å². The lowest BCUT2D eigenvalue weighted by Gasteiger charge is -2.53. The molecule has 0 radical (unpaired) electrons. The van der Waals surface area contributed by atoms with Gasteiger partial charge in [-0.3, -0.25) is 19.2 Å². The Bertz CT molecular complexity index is 2300. The Kier molecular flexibility index (Phi) is 10.3. The van der Waals surface area contributed by atoms with Crippen LogP contribution >= 0.6 is 0 Å². The second-order valence-electron chi connectivity index (χ2n) is 14.5. The van der Waals surface area contributed by atoms with E-state index in [0.717, 1.165) is 26.4 Å². The van der Waals surface area contributed by atoms with Crippen molar-refractivity contribution >= 4 is 29.1 Å². The van der Waals surface area contributed by atoms with E-state index >= 15 is 4.79 Å². The monoisotopic (exact) mass is 803 g/mol. The van der Waals surface area contributed by atoms with E-state index in [4.69, 9.17) is 28.4 Å². The van der Waals surface area contributed by atoms with E-state index in [1.54, 1.807) is 6.92 Å². The summed E-state index contributed by atoms with van der Waals surface area (Å²) in [6.45, 7) is 2.86. The fourth-order valence-electron chi connectivity index (χ4n) is 8.72. The van der Waals surface area contributed by atoms with Crippen molar-refractivity contribution in [2.45, 2.75) is 74.8 Å². The number of aliphatic hydroxyl groups is 3. The van der Waals surface area contributed by atoms with Crippen LogP contribution in [0.3, 0.4) is 0 Å². The molecule has 0 saturated carbocycles. The first-order valence-corrected chi connectivity index (χ1v) is 18.1. The van der Waals surface area contributed by atoms with Crippen molar-refractivity contribution in [3.63, 3.8) is 0 Å². The lowest BCUT2D eigenvalue weighted by atomic mass is 9.56. The number of benzene rings is 3. The maximum absolute atomic E-state index is 15.1. The number of ether oxygens (including phenoxy) is 6. The first-order chi connectivity index (χ1) is 27.5. The first-order valence-electron chi connectivity index (χ1n) is 18.1. The number of aryl methyl sites for hydroxylation is 1. The molecular formula is C41H41NO16. The summed E-state index contributed by atoms with van der Waals surface area (Å²) in [5, 5.41) is 60.0. The van der Waals surface area contributed by atoms with Gasteiger partial charge in [0.25, 0.3) is 0 Å². The Morgan fingerprint density at radius 3 is 2.22 bits per heavy atom. The van der Waals surface area contributed by atoms with Crippen molar-refractivity contribution in [1.29, 1.82) is 0 Å². The molecule has 17 nitrogen and oxygen atoms in total. The molecule has 0 spiro atoms. The highest BCUT2D eigenvalue weighted by Gasteiger charge is 2.73. The minimum Gasteiger partial charge on any atom is -0.508 e. The third kappa shape index (κ3) is 5.68. The Balaban J connectivity index is 1.39. The standard InChI is InChI=1S/C41H41NO16/c1-16-11-19-12-25(45)41(56-6)37(50)28-22(36(49)40(41,52)29(19)34(26(16)39(51)55-5)57-15-18-7-9-20(43)10-8-18)13-21-27(31(28)47)24(44)14-23(30(21)46)42-38-35(54-4)32(48)33(53-3)17(2)58-38/h7-11,13-14,17,25,32-33,35,38,42-43,45,47-48,52H,12,15H2,1-6H3/t17-,25+,32+,33-,35+,38-,40-,41+/m0/s1. The molecule has 1 heterocycles. The zero-order valence-corrected chi connectivity index (χ0v) is 32.1. The summed E-state index contributed by atoms with van der Waals surface area (Å²) < 4.78 is 33.6. The molecule has 7 rings (SSSR count). The molecule has 6 N–H and O–H groups in total. The van der Waals surface area contributed by atoms with Crippen molar-refractivity contribution in [2.24, 2.45) is 0 Å². The van der Waals surface area contributed by atoms with Gasteiger partial charge < -0.3 is 59.3 Å². The molecule has 0 bridgehead atoms. The quantitative estimate of drug-likeness (QED) is 0.167. The first kappa shape index (κ1) is 40.7. The summed E-state index contributed by atoms with van der Waals surface area (Å²) in [6, 6.07) is 8.13. The number of aliphatic hydroxyl groups excluding tert-OH is 2. The van der Waals surface area contributed by atoms with E-state index in [-0.39, 0.29) is 40.5 Å². The fraction of sp³-hybridized carbons (Fsp3) is 0.390. The van der Waals surface area contributed by atoms with Crippen molar-refractivity contribution in [2.75, 3.05) is 28.4 Å². The molecule has 0 aromatic heterocycles. The van der Waals surface area contributed by atoms with Gasteiger partial charge >= 0.3 is 5.97 Å². The van der Waals surface area contributed by atoms with E-state index < -0.39 is 117 Å². The van der Waals surface area contributed by atoms with Crippen LogP contribution < -0.4 is 10.1 Å². The van der Waals surface area contributed by atoms with Gasteiger partial charge in [-0.25, -0.2) is 4.79 Å². The molecule has 1 saturated heterocycles. The number of allylic oxidation sites excluding steroid dienone is 2. The third-order valence-corrected chi connectivity index (χ3v) is 11.5. The molecule has 4 aliphatic rings. The number of Topliss-reactive ketones (excluding diaryl/α,β-unsaturated/α-hetero) is 3. The normalized spacial score (nSPS) is 28.8. The van der Waals surface area contributed by atoms with Gasteiger partial charge in [-0.1, -0.05) is 18.2 Å². The predicted molar refractivity (Wildman–Crippen MR) is 197 cm³/mol. The van der Waals surface area contributed by atoms with Crippen molar-refractivity contribution in [3.8, 4) is 17.2 Å². The van der Waals surface area contributed by atoms with E-state index in [9.17, 15) is 44.7 Å². The largest absolute Gasteiger partial charge is 0.508 e. The molecule has 58 heavy (non-hydrogen) atoms. The van der Waals surface area contributed by atoms with Crippen LogP contribution in [0.5, 0.6) is 17.2 Å². The average molecular weight is 804 g/mol. The fourth-order valence-corrected chi connectivity index (χ4v) is 8.72. The summed E-state index contributed by atoms with van der Waals surface area (Å²) in [6.07, 6.45) is -6.57. The second-order valence-corrected chi connectivity index (χ2v) is 14.5. The number of methoxy groups -OCH3 is 4. The summed E-state index contributed by atoms with van der Waals surface area (Å²) >= 11 is 0. The van der Waals surface area contributed by atoms with Crippen LogP contribution in [0.4, 0.5) is 0 Å². The number of fused-ring (bicyclic) bond motifs is 5. The van der Waals surface area contributed by atoms with Crippen LogP contribution in [0.2, 0.25) is 0 Å². The van der Waals surface area contributed by atoms with Gasteiger partial charge in [-0.15, -0.1) is 0 Å². The highest BCUT2D eigenvalue weighted by molar-refractivity contribution is 6.31. The highest BCUT2D eigenvalue weighted by atomic mass is 16.6. The van der Waals surface area contributed by atoms with Gasteiger partial charge in [0.1, 0.15) is 47.7 Å². The maximum atomic E-state index is 15.1. The number of ketones is 4. The topological polar surface area (TPSA) is 254 Å². The van der Waals surface area contributed by atoms with Crippen LogP contribution in [0.25, 0.3) is 0 Å². The maximum Gasteiger partial charge on any atom is 0.341 e. The number of rotatable bonds is 9. The number of hydrogen-bond acceptors (Lipinski definition) is 17. The number of carbonyl (C=O) groups excluding carboxylic acids is 5. The van der Waals surface area contributed by atoms with Crippen LogP contribution in [0.15, 0.2) is 48.2 Å². The van der Waals surface area contributed by atoms with E-state index in [1.165, 1.54) is 51.5 Å². The second kappa shape index (κ2) is 14.7. The van der Waals surface area contributed by atoms with Crippen molar-refractivity contribution in [1.82, 2.24) is 5.32 Å². The van der Waals surface area contributed by atoms with Gasteiger partial charge in [0.15, 0.2) is 23.2 Å². The number of nitrogens with one attached hydrogen (secondary N) is 1. The molecule has 1 aliphatic heterocycles. The minimum absolute atomic E-state index is 0.0378. The number of aromatic hydroxyl groups is 2. The van der Waals surface area contributed by atoms with E-state index in [0.29, 0.717) is 5.56 Å². The molecule has 8 atom stereocenters. The van der Waals surface area contributed by atoms with Crippen LogP contribution in [0, 0.1) is 6.92 Å². The average Bonchev–Trinajstić information content (AvgIpc) is 3.18. The van der Waals surface area contributed by atoms with Gasteiger partial charge in [0.05, 0.1) is 36.1 Å². The molecular weight excluding hydrogens is 762 g/mol. The molecule has 3 aromatic carbocycles. The highest BCUT2D eigenvalue weighted by Crippen LogP contribution is 2.57. The zero-order valence-electron chi connectivity index (χ0n) is 32.1. The number of esters is 1. The molecule has 17 heteroatoms. The lowest BCUT2D eigenvalue weighted by molar-refractivity contribution is -0.236. The van der Waals surface area contributed by atoms with Crippen molar-refractivity contribution < 1.29 is 77.9 Å². The molecule has 306 valence electrons. The molecule has 0 amide bonds. The van der Waals surface area contributed by atoms with E-state index in [1.807, 2.05) is 0 Å². The Morgan fingerprint density at radius 1 is 0.931 bits per heavy atom. The van der Waals surface area contributed by atoms with E-state index in [2.05, 4.69) is 5.32 Å². The minimum atomic E-state index is -3.20.